The van der Waals surface area contributed by atoms with Crippen molar-refractivity contribution in [3.8, 4) is 27.9 Å². The summed E-state index contributed by atoms with van der Waals surface area (Å²) in [7, 11) is 0. The summed E-state index contributed by atoms with van der Waals surface area (Å²) in [6.07, 6.45) is 0. The third-order valence-corrected chi connectivity index (χ3v) is 11.5. The minimum Gasteiger partial charge on any atom is -0.456 e. The minimum atomic E-state index is 0.848. The minimum absolute atomic E-state index is 0.848. The smallest absolute Gasteiger partial charge is 0.137 e. The molecule has 3 heterocycles. The lowest BCUT2D eigenvalue weighted by molar-refractivity contribution is 0.668. The second-order valence-corrected chi connectivity index (χ2v) is 14.9. The first-order valence-corrected chi connectivity index (χ1v) is 19.7. The van der Waals surface area contributed by atoms with Gasteiger partial charge in [-0.15, -0.1) is 0 Å². The topological polar surface area (TPSA) is 34.5 Å². The SMILES string of the molecule is c1ccc(-c2cc(-c3ccccc3)c3c(c2)c2cc(N(c4ccc5oc6ccccc6c5c4)c4cccc5oc6ccccc6c45)ccc2n3-c2ccccc2)cc1. The normalized spacial score (nSPS) is 11.8. The van der Waals surface area contributed by atoms with Gasteiger partial charge in [0.15, 0.2) is 0 Å². The number of para-hydroxylation sites is 3. The first kappa shape index (κ1) is 32.4. The van der Waals surface area contributed by atoms with E-state index in [9.17, 15) is 0 Å². The van der Waals surface area contributed by atoms with Crippen molar-refractivity contribution in [1.82, 2.24) is 4.57 Å². The number of hydrogen-bond acceptors (Lipinski definition) is 3. The van der Waals surface area contributed by atoms with Crippen LogP contribution in [0.3, 0.4) is 0 Å². The highest BCUT2D eigenvalue weighted by molar-refractivity contribution is 6.18. The lowest BCUT2D eigenvalue weighted by Crippen LogP contribution is -2.10. The number of anilines is 3. The lowest BCUT2D eigenvalue weighted by Gasteiger charge is -2.26. The molecule has 0 spiro atoms. The number of nitrogens with zero attached hydrogens (tertiary/aromatic N) is 2. The van der Waals surface area contributed by atoms with Crippen LogP contribution in [0.4, 0.5) is 17.1 Å². The Morgan fingerprint density at radius 2 is 0.948 bits per heavy atom. The number of furan rings is 2. The van der Waals surface area contributed by atoms with Crippen molar-refractivity contribution in [1.29, 1.82) is 0 Å². The Labute approximate surface area is 334 Å². The number of benzene rings is 9. The monoisotopic (exact) mass is 742 g/mol. The molecule has 0 aliphatic rings. The Kier molecular flexibility index (Phi) is 7.20. The van der Waals surface area contributed by atoms with Gasteiger partial charge in [0.1, 0.15) is 22.3 Å². The van der Waals surface area contributed by atoms with Crippen LogP contribution < -0.4 is 4.90 Å². The first-order valence-electron chi connectivity index (χ1n) is 19.7. The fourth-order valence-electron chi connectivity index (χ4n) is 8.98. The van der Waals surface area contributed by atoms with Gasteiger partial charge in [-0.05, 0) is 102 Å². The number of aromatic nitrogens is 1. The maximum absolute atomic E-state index is 6.48. The average molecular weight is 743 g/mol. The fraction of sp³-hybridized carbons (Fsp3) is 0. The largest absolute Gasteiger partial charge is 0.456 e. The molecule has 0 saturated heterocycles. The number of hydrogen-bond donors (Lipinski definition) is 0. The van der Waals surface area contributed by atoms with Gasteiger partial charge in [-0.2, -0.15) is 0 Å². The molecule has 9 aromatic carbocycles. The van der Waals surface area contributed by atoms with Crippen molar-refractivity contribution in [2.45, 2.75) is 0 Å². The Bertz CT molecular complexity index is 3500. The van der Waals surface area contributed by atoms with Gasteiger partial charge in [0.05, 0.1) is 22.1 Å². The van der Waals surface area contributed by atoms with Gasteiger partial charge >= 0.3 is 0 Å². The van der Waals surface area contributed by atoms with Crippen LogP contribution in [0.1, 0.15) is 0 Å². The van der Waals surface area contributed by atoms with E-state index in [0.29, 0.717) is 0 Å². The summed E-state index contributed by atoms with van der Waals surface area (Å²) in [4.78, 5) is 2.38. The summed E-state index contributed by atoms with van der Waals surface area (Å²) in [6, 6.07) is 73.4. The third-order valence-electron chi connectivity index (χ3n) is 11.5. The van der Waals surface area contributed by atoms with Gasteiger partial charge in [-0.3, -0.25) is 0 Å². The highest BCUT2D eigenvalue weighted by Gasteiger charge is 2.24. The molecule has 0 N–H and O–H groups in total. The van der Waals surface area contributed by atoms with Crippen LogP contribution in [0.25, 0.3) is 93.6 Å². The molecule has 0 aliphatic heterocycles. The Hall–Kier alpha value is -7.82. The lowest BCUT2D eigenvalue weighted by atomic mass is 9.95. The van der Waals surface area contributed by atoms with Gasteiger partial charge in [0, 0.05) is 49.6 Å². The first-order chi connectivity index (χ1) is 28.8. The van der Waals surface area contributed by atoms with Gasteiger partial charge in [-0.1, -0.05) is 121 Å². The summed E-state index contributed by atoms with van der Waals surface area (Å²) in [5.41, 5.74) is 14.7. The number of rotatable bonds is 6. The highest BCUT2D eigenvalue weighted by Crippen LogP contribution is 2.47. The van der Waals surface area contributed by atoms with Crippen LogP contribution in [0, 0.1) is 0 Å². The van der Waals surface area contributed by atoms with E-state index >= 15 is 0 Å². The maximum Gasteiger partial charge on any atom is 0.137 e. The van der Waals surface area contributed by atoms with E-state index in [4.69, 9.17) is 8.83 Å². The molecular formula is C54H34N2O2. The van der Waals surface area contributed by atoms with Gasteiger partial charge in [-0.25, -0.2) is 0 Å². The third kappa shape index (κ3) is 5.02. The summed E-state index contributed by atoms with van der Waals surface area (Å²) in [5.74, 6) is 0. The van der Waals surface area contributed by atoms with Crippen LogP contribution in [-0.2, 0) is 0 Å². The molecule has 0 fully saturated rings. The summed E-state index contributed by atoms with van der Waals surface area (Å²) in [5, 5.41) is 6.66. The molecule has 3 aromatic heterocycles. The van der Waals surface area contributed by atoms with Crippen molar-refractivity contribution in [2.24, 2.45) is 0 Å². The Morgan fingerprint density at radius 1 is 0.362 bits per heavy atom. The second-order valence-electron chi connectivity index (χ2n) is 14.9. The van der Waals surface area contributed by atoms with Crippen LogP contribution in [-0.4, -0.2) is 4.57 Å². The predicted octanol–water partition coefficient (Wildman–Crippen LogP) is 15.4. The molecule has 12 aromatic rings. The predicted molar refractivity (Wildman–Crippen MR) is 241 cm³/mol. The zero-order valence-corrected chi connectivity index (χ0v) is 31.3. The molecular weight excluding hydrogens is 709 g/mol. The van der Waals surface area contributed by atoms with Crippen LogP contribution >= 0.6 is 0 Å². The van der Waals surface area contributed by atoms with Crippen LogP contribution in [0.15, 0.2) is 215 Å². The maximum atomic E-state index is 6.48. The molecule has 0 atom stereocenters. The molecule has 12 rings (SSSR count). The zero-order chi connectivity index (χ0) is 38.2. The van der Waals surface area contributed by atoms with E-state index < -0.39 is 0 Å². The van der Waals surface area contributed by atoms with Crippen LogP contribution in [0.5, 0.6) is 0 Å². The zero-order valence-electron chi connectivity index (χ0n) is 31.3. The Morgan fingerprint density at radius 3 is 1.72 bits per heavy atom. The molecule has 58 heavy (non-hydrogen) atoms. The standard InChI is InChI=1S/C54H34N2O2/c1-4-15-35(16-5-1)37-31-43(36-17-6-2-7-18-36)54-46(32-37)44-33-39(27-29-47(44)56(54)38-19-8-3-9-20-38)55(40-28-30-51-45(34-40)41-21-10-12-24-49(41)57-51)48-23-14-26-52-53(48)42-22-11-13-25-50(42)58-52/h1-34H. The second kappa shape index (κ2) is 12.9. The molecule has 4 heteroatoms. The summed E-state index contributed by atoms with van der Waals surface area (Å²) >= 11 is 0. The van der Waals surface area contributed by atoms with E-state index in [2.05, 4.69) is 191 Å². The quantitative estimate of drug-likeness (QED) is 0.170. The molecule has 0 radical (unpaired) electrons. The van der Waals surface area contributed by atoms with Gasteiger partial charge < -0.3 is 18.3 Å². The van der Waals surface area contributed by atoms with E-state index in [-0.39, 0.29) is 0 Å². The van der Waals surface area contributed by atoms with Crippen molar-refractivity contribution < 1.29 is 8.83 Å². The molecule has 0 saturated carbocycles. The Balaban J connectivity index is 1.19. The molecule has 0 bridgehead atoms. The highest BCUT2D eigenvalue weighted by atomic mass is 16.3. The average Bonchev–Trinajstić information content (AvgIpc) is 3.97. The van der Waals surface area contributed by atoms with Crippen molar-refractivity contribution >= 4 is 82.7 Å². The van der Waals surface area contributed by atoms with Crippen molar-refractivity contribution in [3.05, 3.63) is 206 Å². The van der Waals surface area contributed by atoms with E-state index in [1.165, 1.54) is 33.2 Å². The van der Waals surface area contributed by atoms with E-state index in [0.717, 1.165) is 77.5 Å². The van der Waals surface area contributed by atoms with E-state index in [1.54, 1.807) is 0 Å². The molecule has 0 amide bonds. The summed E-state index contributed by atoms with van der Waals surface area (Å²) in [6.45, 7) is 0. The molecule has 272 valence electrons. The van der Waals surface area contributed by atoms with Crippen LogP contribution in [0.2, 0.25) is 0 Å². The van der Waals surface area contributed by atoms with Crippen molar-refractivity contribution in [3.63, 3.8) is 0 Å². The van der Waals surface area contributed by atoms with Crippen molar-refractivity contribution in [2.75, 3.05) is 4.90 Å². The molecule has 0 unspecified atom stereocenters. The van der Waals surface area contributed by atoms with E-state index in [1.807, 2.05) is 24.3 Å². The number of fused-ring (bicyclic) bond motifs is 9. The molecule has 0 aliphatic carbocycles. The van der Waals surface area contributed by atoms with Gasteiger partial charge in [0.2, 0.25) is 0 Å². The fourth-order valence-corrected chi connectivity index (χ4v) is 8.98. The van der Waals surface area contributed by atoms with Gasteiger partial charge in [0.25, 0.3) is 0 Å². The molecule has 4 nitrogen and oxygen atoms in total. The summed E-state index contributed by atoms with van der Waals surface area (Å²) < 4.78 is 15.2.